The molecule has 0 aliphatic carbocycles. The van der Waals surface area contributed by atoms with Crippen molar-refractivity contribution in [1.29, 1.82) is 0 Å². The topological polar surface area (TPSA) is 38.1 Å². The Hall–Kier alpha value is -1.68. The van der Waals surface area contributed by atoms with Crippen molar-refractivity contribution in [3.8, 4) is 11.5 Å². The van der Waals surface area contributed by atoms with Gasteiger partial charge in [-0.3, -0.25) is 0 Å². The molecule has 1 unspecified atom stereocenters. The largest absolute Gasteiger partial charge is 0.444 e. The molecule has 1 aliphatic rings. The van der Waals surface area contributed by atoms with E-state index in [9.17, 15) is 4.39 Å². The molecule has 1 aliphatic heterocycles. The summed E-state index contributed by atoms with van der Waals surface area (Å²) in [4.78, 5) is 4.43. The Balaban J connectivity index is 1.89. The summed E-state index contributed by atoms with van der Waals surface area (Å²) in [5.41, 5.74) is 1.64. The third-order valence-electron chi connectivity index (χ3n) is 3.07. The van der Waals surface area contributed by atoms with Crippen LogP contribution >= 0.6 is 0 Å². The standard InChI is InChI=1S/C13H13FN2O/c14-11-3-1-2-9(6-11)13-16-12(8-17-13)10-4-5-15-7-10/h1-3,6,8,10,15H,4-5,7H2. The average Bonchev–Trinajstić information content (AvgIpc) is 3.00. The third kappa shape index (κ3) is 2.08. The molecule has 0 saturated carbocycles. The lowest BCUT2D eigenvalue weighted by Crippen LogP contribution is -2.08. The van der Waals surface area contributed by atoms with Gasteiger partial charge in [0.1, 0.15) is 12.1 Å². The molecule has 3 rings (SSSR count). The summed E-state index contributed by atoms with van der Waals surface area (Å²) in [6, 6.07) is 6.30. The van der Waals surface area contributed by atoms with Crippen LogP contribution in [0.3, 0.4) is 0 Å². The van der Waals surface area contributed by atoms with Crippen LogP contribution in [0.5, 0.6) is 0 Å². The Labute approximate surface area is 98.7 Å². The van der Waals surface area contributed by atoms with Crippen LogP contribution in [0.1, 0.15) is 18.0 Å². The molecule has 2 aromatic rings. The number of aromatic nitrogens is 1. The van der Waals surface area contributed by atoms with Gasteiger partial charge in [0.05, 0.1) is 5.69 Å². The molecule has 1 fully saturated rings. The Morgan fingerprint density at radius 1 is 1.41 bits per heavy atom. The molecular weight excluding hydrogens is 219 g/mol. The molecule has 3 nitrogen and oxygen atoms in total. The van der Waals surface area contributed by atoms with Gasteiger partial charge in [-0.25, -0.2) is 9.37 Å². The Kier molecular flexibility index (Phi) is 2.65. The molecule has 1 N–H and O–H groups in total. The summed E-state index contributed by atoms with van der Waals surface area (Å²) in [5, 5.41) is 3.29. The normalized spacial score (nSPS) is 19.7. The molecular formula is C13H13FN2O. The molecule has 88 valence electrons. The highest BCUT2D eigenvalue weighted by atomic mass is 19.1. The first-order valence-corrected chi connectivity index (χ1v) is 5.75. The van der Waals surface area contributed by atoms with Gasteiger partial charge < -0.3 is 9.73 Å². The molecule has 2 heterocycles. The van der Waals surface area contributed by atoms with E-state index in [4.69, 9.17) is 4.42 Å². The zero-order valence-corrected chi connectivity index (χ0v) is 9.32. The molecule has 1 aromatic carbocycles. The minimum atomic E-state index is -0.273. The van der Waals surface area contributed by atoms with Crippen molar-refractivity contribution in [2.75, 3.05) is 13.1 Å². The van der Waals surface area contributed by atoms with Crippen molar-refractivity contribution >= 4 is 0 Å². The number of hydrogen-bond donors (Lipinski definition) is 1. The van der Waals surface area contributed by atoms with E-state index in [1.165, 1.54) is 12.1 Å². The lowest BCUT2D eigenvalue weighted by molar-refractivity contribution is 0.568. The molecule has 0 spiro atoms. The fourth-order valence-electron chi connectivity index (χ4n) is 2.13. The quantitative estimate of drug-likeness (QED) is 0.864. The Morgan fingerprint density at radius 3 is 3.12 bits per heavy atom. The number of oxazole rings is 1. The number of rotatable bonds is 2. The second-order valence-electron chi connectivity index (χ2n) is 4.28. The lowest BCUT2D eigenvalue weighted by atomic mass is 10.1. The van der Waals surface area contributed by atoms with Crippen LogP contribution in [0.15, 0.2) is 34.9 Å². The fourth-order valence-corrected chi connectivity index (χ4v) is 2.13. The number of benzene rings is 1. The molecule has 1 saturated heterocycles. The fraction of sp³-hybridized carbons (Fsp3) is 0.308. The molecule has 4 heteroatoms. The highest BCUT2D eigenvalue weighted by Crippen LogP contribution is 2.25. The van der Waals surface area contributed by atoms with Crippen LogP contribution < -0.4 is 5.32 Å². The highest BCUT2D eigenvalue weighted by Gasteiger charge is 2.20. The van der Waals surface area contributed by atoms with Crippen LogP contribution in [0.4, 0.5) is 4.39 Å². The Bertz CT molecular complexity index is 518. The first kappa shape index (κ1) is 10.5. The second kappa shape index (κ2) is 4.30. The summed E-state index contributed by atoms with van der Waals surface area (Å²) in [5.74, 6) is 0.636. The van der Waals surface area contributed by atoms with E-state index in [0.29, 0.717) is 17.4 Å². The van der Waals surface area contributed by atoms with E-state index in [0.717, 1.165) is 25.2 Å². The minimum Gasteiger partial charge on any atom is -0.444 e. The van der Waals surface area contributed by atoms with E-state index in [-0.39, 0.29) is 5.82 Å². The van der Waals surface area contributed by atoms with Gasteiger partial charge in [0, 0.05) is 18.0 Å². The van der Waals surface area contributed by atoms with Gasteiger partial charge in [0.2, 0.25) is 5.89 Å². The summed E-state index contributed by atoms with van der Waals surface area (Å²) in [6.07, 6.45) is 2.76. The first-order chi connectivity index (χ1) is 8.33. The Morgan fingerprint density at radius 2 is 2.35 bits per heavy atom. The smallest absolute Gasteiger partial charge is 0.226 e. The number of nitrogens with zero attached hydrogens (tertiary/aromatic N) is 1. The van der Waals surface area contributed by atoms with Gasteiger partial charge in [-0.15, -0.1) is 0 Å². The van der Waals surface area contributed by atoms with Crippen molar-refractivity contribution in [2.45, 2.75) is 12.3 Å². The van der Waals surface area contributed by atoms with E-state index < -0.39 is 0 Å². The number of halogens is 1. The first-order valence-electron chi connectivity index (χ1n) is 5.75. The SMILES string of the molecule is Fc1cccc(-c2nc(C3CCNC3)co2)c1. The third-order valence-corrected chi connectivity index (χ3v) is 3.07. The minimum absolute atomic E-state index is 0.273. The van der Waals surface area contributed by atoms with Gasteiger partial charge in [0.15, 0.2) is 0 Å². The van der Waals surface area contributed by atoms with E-state index in [1.807, 2.05) is 0 Å². The number of nitrogens with one attached hydrogen (secondary N) is 1. The lowest BCUT2D eigenvalue weighted by Gasteiger charge is -2.00. The van der Waals surface area contributed by atoms with E-state index in [2.05, 4.69) is 10.3 Å². The van der Waals surface area contributed by atoms with Gasteiger partial charge in [0.25, 0.3) is 0 Å². The van der Waals surface area contributed by atoms with Crippen molar-refractivity contribution in [3.05, 3.63) is 42.0 Å². The molecule has 1 atom stereocenters. The predicted molar refractivity (Wildman–Crippen MR) is 62.1 cm³/mol. The maximum atomic E-state index is 13.1. The molecule has 1 aromatic heterocycles. The molecule has 17 heavy (non-hydrogen) atoms. The summed E-state index contributed by atoms with van der Waals surface area (Å²) in [6.45, 7) is 1.96. The van der Waals surface area contributed by atoms with Gasteiger partial charge in [-0.05, 0) is 31.2 Å². The van der Waals surface area contributed by atoms with Crippen molar-refractivity contribution in [1.82, 2.24) is 10.3 Å². The van der Waals surface area contributed by atoms with Crippen LogP contribution in [-0.2, 0) is 0 Å². The van der Waals surface area contributed by atoms with E-state index >= 15 is 0 Å². The van der Waals surface area contributed by atoms with Gasteiger partial charge in [-0.1, -0.05) is 6.07 Å². The van der Waals surface area contributed by atoms with Crippen LogP contribution in [0.2, 0.25) is 0 Å². The summed E-state index contributed by atoms with van der Waals surface area (Å²) >= 11 is 0. The predicted octanol–water partition coefficient (Wildman–Crippen LogP) is 2.56. The summed E-state index contributed by atoms with van der Waals surface area (Å²) < 4.78 is 18.5. The van der Waals surface area contributed by atoms with Crippen molar-refractivity contribution in [2.24, 2.45) is 0 Å². The van der Waals surface area contributed by atoms with Crippen LogP contribution in [-0.4, -0.2) is 18.1 Å². The monoisotopic (exact) mass is 232 g/mol. The summed E-state index contributed by atoms with van der Waals surface area (Å²) in [7, 11) is 0. The van der Waals surface area contributed by atoms with Crippen LogP contribution in [0.25, 0.3) is 11.5 Å². The molecule has 0 bridgehead atoms. The number of hydrogen-bond acceptors (Lipinski definition) is 3. The van der Waals surface area contributed by atoms with Gasteiger partial charge >= 0.3 is 0 Å². The van der Waals surface area contributed by atoms with Gasteiger partial charge in [-0.2, -0.15) is 0 Å². The van der Waals surface area contributed by atoms with E-state index in [1.54, 1.807) is 18.4 Å². The maximum Gasteiger partial charge on any atom is 0.226 e. The molecule has 0 amide bonds. The maximum absolute atomic E-state index is 13.1. The second-order valence-corrected chi connectivity index (χ2v) is 4.28. The zero-order chi connectivity index (χ0) is 11.7. The zero-order valence-electron chi connectivity index (χ0n) is 9.32. The highest BCUT2D eigenvalue weighted by molar-refractivity contribution is 5.53. The van der Waals surface area contributed by atoms with Crippen LogP contribution in [0, 0.1) is 5.82 Å². The average molecular weight is 232 g/mol. The van der Waals surface area contributed by atoms with Crippen molar-refractivity contribution in [3.63, 3.8) is 0 Å². The van der Waals surface area contributed by atoms with Crippen molar-refractivity contribution < 1.29 is 8.81 Å². The molecule has 0 radical (unpaired) electrons.